The number of ketones is 1. The normalized spacial score (nSPS) is 20.5. The lowest BCUT2D eigenvalue weighted by molar-refractivity contribution is 0.0730. The van der Waals surface area contributed by atoms with E-state index in [4.69, 9.17) is 9.47 Å². The average Bonchev–Trinajstić information content (AvgIpc) is 3.45. The van der Waals surface area contributed by atoms with Gasteiger partial charge in [-0.15, -0.1) is 5.10 Å². The van der Waals surface area contributed by atoms with Crippen LogP contribution in [-0.2, 0) is 26.0 Å². The zero-order valence-corrected chi connectivity index (χ0v) is 18.0. The Hall–Kier alpha value is -1.86. The van der Waals surface area contributed by atoms with Crippen molar-refractivity contribution in [2.75, 3.05) is 38.7 Å². The summed E-state index contributed by atoms with van der Waals surface area (Å²) in [7, 11) is -3.57. The Kier molecular flexibility index (Phi) is 6.78. The number of carbonyl (C=O) groups excluding carboxylic acids is 1. The summed E-state index contributed by atoms with van der Waals surface area (Å²) in [6.45, 7) is 2.77. The highest BCUT2D eigenvalue weighted by atomic mass is 32.2. The third-order valence-corrected chi connectivity index (χ3v) is 7.89. The number of benzene rings is 1. The summed E-state index contributed by atoms with van der Waals surface area (Å²) >= 11 is 1.25. The maximum Gasteiger partial charge on any atom is 0.243 e. The maximum atomic E-state index is 12.7. The molecule has 1 aromatic heterocycles. The van der Waals surface area contributed by atoms with Gasteiger partial charge in [-0.25, -0.2) is 13.1 Å². The van der Waals surface area contributed by atoms with Crippen molar-refractivity contribution in [2.45, 2.75) is 35.5 Å². The SMILES string of the molecule is O=C(CSc1nnnn1CC1CCCO1)c1ccc(S(=O)(=O)N2CCOCC2)cc1. The van der Waals surface area contributed by atoms with Gasteiger partial charge in [0.25, 0.3) is 0 Å². The fourth-order valence-electron chi connectivity index (χ4n) is 3.36. The number of hydrogen-bond acceptors (Lipinski definition) is 9. The highest BCUT2D eigenvalue weighted by Crippen LogP contribution is 2.21. The molecule has 4 rings (SSSR count). The first-order chi connectivity index (χ1) is 14.5. The largest absolute Gasteiger partial charge is 0.379 e. The number of carbonyl (C=O) groups is 1. The van der Waals surface area contributed by atoms with Crippen LogP contribution in [0, 0.1) is 0 Å². The molecule has 2 aromatic rings. The highest BCUT2D eigenvalue weighted by Gasteiger charge is 2.26. The number of ether oxygens (including phenoxy) is 2. The smallest absolute Gasteiger partial charge is 0.243 e. The molecule has 3 heterocycles. The summed E-state index contributed by atoms with van der Waals surface area (Å²) in [5, 5.41) is 12.2. The van der Waals surface area contributed by atoms with Gasteiger partial charge < -0.3 is 9.47 Å². The predicted molar refractivity (Wildman–Crippen MR) is 108 cm³/mol. The molecular weight excluding hydrogens is 430 g/mol. The quantitative estimate of drug-likeness (QED) is 0.423. The molecule has 0 aliphatic carbocycles. The van der Waals surface area contributed by atoms with E-state index < -0.39 is 10.0 Å². The summed E-state index contributed by atoms with van der Waals surface area (Å²) in [6.07, 6.45) is 2.11. The monoisotopic (exact) mass is 453 g/mol. The molecule has 30 heavy (non-hydrogen) atoms. The van der Waals surface area contributed by atoms with Crippen LogP contribution in [0.3, 0.4) is 0 Å². The highest BCUT2D eigenvalue weighted by molar-refractivity contribution is 7.99. The van der Waals surface area contributed by atoms with Crippen LogP contribution in [0.15, 0.2) is 34.3 Å². The first-order valence-electron chi connectivity index (χ1n) is 9.76. The van der Waals surface area contributed by atoms with Crippen LogP contribution in [-0.4, -0.2) is 83.5 Å². The Morgan fingerprint density at radius 3 is 2.63 bits per heavy atom. The molecule has 2 fully saturated rings. The number of thioether (sulfide) groups is 1. The lowest BCUT2D eigenvalue weighted by Crippen LogP contribution is -2.40. The van der Waals surface area contributed by atoms with Crippen molar-refractivity contribution in [1.82, 2.24) is 24.5 Å². The van der Waals surface area contributed by atoms with E-state index in [0.717, 1.165) is 19.4 Å². The van der Waals surface area contributed by atoms with Crippen molar-refractivity contribution in [1.29, 1.82) is 0 Å². The molecule has 12 heteroatoms. The van der Waals surface area contributed by atoms with Crippen LogP contribution in [0.5, 0.6) is 0 Å². The molecule has 0 radical (unpaired) electrons. The molecule has 2 aliphatic rings. The zero-order chi connectivity index (χ0) is 21.0. The zero-order valence-electron chi connectivity index (χ0n) is 16.3. The second-order valence-corrected chi connectivity index (χ2v) is 9.91. The maximum absolute atomic E-state index is 12.7. The van der Waals surface area contributed by atoms with Crippen molar-refractivity contribution in [3.05, 3.63) is 29.8 Å². The van der Waals surface area contributed by atoms with Crippen LogP contribution in [0.4, 0.5) is 0 Å². The van der Waals surface area contributed by atoms with Crippen molar-refractivity contribution in [2.24, 2.45) is 0 Å². The predicted octanol–water partition coefficient (Wildman–Crippen LogP) is 0.848. The molecule has 2 saturated heterocycles. The van der Waals surface area contributed by atoms with Gasteiger partial charge in [0.1, 0.15) is 0 Å². The van der Waals surface area contributed by atoms with Crippen molar-refractivity contribution < 1.29 is 22.7 Å². The molecule has 0 saturated carbocycles. The fourth-order valence-corrected chi connectivity index (χ4v) is 5.55. The molecular formula is C18H23N5O5S2. The minimum atomic E-state index is -3.57. The van der Waals surface area contributed by atoms with Gasteiger partial charge >= 0.3 is 0 Å². The van der Waals surface area contributed by atoms with Crippen molar-refractivity contribution in [3.8, 4) is 0 Å². The van der Waals surface area contributed by atoms with E-state index in [1.807, 2.05) is 0 Å². The number of sulfonamides is 1. The summed E-state index contributed by atoms with van der Waals surface area (Å²) in [6, 6.07) is 6.05. The summed E-state index contributed by atoms with van der Waals surface area (Å²) < 4.78 is 39.2. The molecule has 1 unspecified atom stereocenters. The van der Waals surface area contributed by atoms with Crippen molar-refractivity contribution >= 4 is 27.6 Å². The summed E-state index contributed by atoms with van der Waals surface area (Å²) in [4.78, 5) is 12.7. The van der Waals surface area contributed by atoms with E-state index >= 15 is 0 Å². The van der Waals surface area contributed by atoms with Gasteiger partial charge in [0, 0.05) is 25.3 Å². The Morgan fingerprint density at radius 2 is 1.93 bits per heavy atom. The van der Waals surface area contributed by atoms with Gasteiger partial charge in [0.15, 0.2) is 5.78 Å². The van der Waals surface area contributed by atoms with Gasteiger partial charge in [-0.05, 0) is 35.4 Å². The topological polar surface area (TPSA) is 117 Å². The lowest BCUT2D eigenvalue weighted by atomic mass is 10.1. The summed E-state index contributed by atoms with van der Waals surface area (Å²) in [5.41, 5.74) is 0.446. The fraction of sp³-hybridized carbons (Fsp3) is 0.556. The van der Waals surface area contributed by atoms with E-state index in [-0.39, 0.29) is 22.5 Å². The van der Waals surface area contributed by atoms with Gasteiger partial charge in [-0.3, -0.25) is 4.79 Å². The number of rotatable bonds is 8. The number of Topliss-reactive ketones (excluding diaryl/α,β-unsaturated/α-hetero) is 1. The minimum absolute atomic E-state index is 0.101. The van der Waals surface area contributed by atoms with E-state index in [2.05, 4.69) is 15.5 Å². The molecule has 0 N–H and O–H groups in total. The van der Waals surface area contributed by atoms with Gasteiger partial charge in [-0.2, -0.15) is 4.31 Å². The Balaban J connectivity index is 1.36. The summed E-state index contributed by atoms with van der Waals surface area (Å²) in [5.74, 6) is 0.0311. The number of hydrogen-bond donors (Lipinski definition) is 0. The number of nitrogens with zero attached hydrogens (tertiary/aromatic N) is 5. The third kappa shape index (κ3) is 4.89. The Labute approximate surface area is 179 Å². The molecule has 10 nitrogen and oxygen atoms in total. The number of tetrazole rings is 1. The minimum Gasteiger partial charge on any atom is -0.379 e. The second-order valence-electron chi connectivity index (χ2n) is 7.03. The molecule has 1 aromatic carbocycles. The van der Waals surface area contributed by atoms with E-state index in [1.165, 1.54) is 28.2 Å². The lowest BCUT2D eigenvalue weighted by Gasteiger charge is -2.26. The van der Waals surface area contributed by atoms with E-state index in [0.29, 0.717) is 43.6 Å². The van der Waals surface area contributed by atoms with Crippen LogP contribution in [0.1, 0.15) is 23.2 Å². The first kappa shape index (κ1) is 21.4. The molecule has 1 atom stereocenters. The van der Waals surface area contributed by atoms with Crippen LogP contribution < -0.4 is 0 Å². The van der Waals surface area contributed by atoms with Crippen LogP contribution >= 0.6 is 11.8 Å². The molecule has 2 aliphatic heterocycles. The van der Waals surface area contributed by atoms with Crippen LogP contribution in [0.25, 0.3) is 0 Å². The molecule has 0 amide bonds. The molecule has 162 valence electrons. The number of morpholine rings is 1. The van der Waals surface area contributed by atoms with Gasteiger partial charge in [-0.1, -0.05) is 23.9 Å². The van der Waals surface area contributed by atoms with Crippen molar-refractivity contribution in [3.63, 3.8) is 0 Å². The van der Waals surface area contributed by atoms with E-state index in [9.17, 15) is 13.2 Å². The standard InChI is InChI=1S/C18H23N5O5S2/c24-17(13-29-18-19-20-21-23(18)12-15-2-1-9-28-15)14-3-5-16(6-4-14)30(25,26)22-7-10-27-11-8-22/h3-6,15H,1-2,7-13H2. The van der Waals surface area contributed by atoms with Gasteiger partial charge in [0.2, 0.25) is 15.2 Å². The third-order valence-electron chi connectivity index (χ3n) is 5.02. The Morgan fingerprint density at radius 1 is 1.17 bits per heavy atom. The van der Waals surface area contributed by atoms with Gasteiger partial charge in [0.05, 0.1) is 36.5 Å². The average molecular weight is 454 g/mol. The van der Waals surface area contributed by atoms with E-state index in [1.54, 1.807) is 16.8 Å². The van der Waals surface area contributed by atoms with Crippen LogP contribution in [0.2, 0.25) is 0 Å². The first-order valence-corrected chi connectivity index (χ1v) is 12.2. The molecule has 0 spiro atoms. The number of aromatic nitrogens is 4. The molecule has 0 bridgehead atoms. The Bertz CT molecular complexity index is 967. The second kappa shape index (κ2) is 9.52.